The van der Waals surface area contributed by atoms with Crippen LogP contribution in [0.15, 0.2) is 0 Å². The smallest absolute Gasteiger partial charge is 0.00927 e. The summed E-state index contributed by atoms with van der Waals surface area (Å²) in [6.45, 7) is 3.54. The molecule has 1 fully saturated rings. The monoisotopic (exact) mass is 201 g/mol. The highest BCUT2D eigenvalue weighted by Gasteiger charge is 2.28. The van der Waals surface area contributed by atoms with Gasteiger partial charge in [0.05, 0.1) is 0 Å². The Morgan fingerprint density at radius 1 is 1.38 bits per heavy atom. The molecule has 1 N–H and O–H groups in total. The number of nitrogens with one attached hydrogen (secondary N) is 1. The van der Waals surface area contributed by atoms with Gasteiger partial charge in [-0.3, -0.25) is 0 Å². The third-order valence-electron chi connectivity index (χ3n) is 2.81. The van der Waals surface area contributed by atoms with Crippen molar-refractivity contribution in [3.05, 3.63) is 0 Å². The van der Waals surface area contributed by atoms with E-state index in [1.54, 1.807) is 0 Å². The minimum Gasteiger partial charge on any atom is -0.314 e. The molecular weight excluding hydrogens is 178 g/mol. The lowest BCUT2D eigenvalue weighted by Crippen LogP contribution is -2.31. The molecule has 0 aromatic carbocycles. The summed E-state index contributed by atoms with van der Waals surface area (Å²) in [5.41, 5.74) is 0. The van der Waals surface area contributed by atoms with Crippen LogP contribution in [0.4, 0.5) is 0 Å². The van der Waals surface area contributed by atoms with Crippen LogP contribution in [0.1, 0.15) is 39.0 Å². The zero-order valence-electron chi connectivity index (χ0n) is 9.01. The molecule has 13 heavy (non-hydrogen) atoms. The molecule has 1 unspecified atom stereocenters. The zero-order chi connectivity index (χ0) is 9.52. The standard InChI is InChI=1S/C11H23NS/c1-3-11(10-6-7-10)12-8-4-5-9-13-2/h10-12H,3-9H2,1-2H3. The lowest BCUT2D eigenvalue weighted by atomic mass is 10.1. The minimum atomic E-state index is 0.828. The van der Waals surface area contributed by atoms with Gasteiger partial charge < -0.3 is 5.32 Å². The molecule has 1 nitrogen and oxygen atoms in total. The molecule has 0 bridgehead atoms. The van der Waals surface area contributed by atoms with Gasteiger partial charge in [0.2, 0.25) is 0 Å². The maximum Gasteiger partial charge on any atom is 0.00927 e. The van der Waals surface area contributed by atoms with Crippen LogP contribution in [0.5, 0.6) is 0 Å². The number of hydrogen-bond donors (Lipinski definition) is 1. The molecule has 1 aliphatic rings. The van der Waals surface area contributed by atoms with Crippen molar-refractivity contribution < 1.29 is 0 Å². The van der Waals surface area contributed by atoms with E-state index in [0.29, 0.717) is 0 Å². The third kappa shape index (κ3) is 4.92. The summed E-state index contributed by atoms with van der Waals surface area (Å²) in [5.74, 6) is 2.34. The van der Waals surface area contributed by atoms with Crippen LogP contribution in [-0.2, 0) is 0 Å². The Hall–Kier alpha value is 0.310. The number of unbranched alkanes of at least 4 members (excludes halogenated alkanes) is 1. The molecule has 0 aliphatic heterocycles. The quantitative estimate of drug-likeness (QED) is 0.606. The van der Waals surface area contributed by atoms with E-state index in [1.165, 1.54) is 44.4 Å². The van der Waals surface area contributed by atoms with E-state index in [0.717, 1.165) is 12.0 Å². The van der Waals surface area contributed by atoms with Crippen molar-refractivity contribution in [3.8, 4) is 0 Å². The largest absolute Gasteiger partial charge is 0.314 e. The molecule has 2 heteroatoms. The van der Waals surface area contributed by atoms with Crippen LogP contribution in [0.25, 0.3) is 0 Å². The molecular formula is C11H23NS. The first kappa shape index (κ1) is 11.4. The third-order valence-corrected chi connectivity index (χ3v) is 3.51. The average Bonchev–Trinajstić information content (AvgIpc) is 2.95. The van der Waals surface area contributed by atoms with E-state index >= 15 is 0 Å². The number of thioether (sulfide) groups is 1. The Balaban J connectivity index is 1.90. The van der Waals surface area contributed by atoms with Crippen molar-refractivity contribution >= 4 is 11.8 Å². The summed E-state index contributed by atoms with van der Waals surface area (Å²) in [7, 11) is 0. The SMILES string of the molecule is CCC(NCCCCSC)C1CC1. The van der Waals surface area contributed by atoms with E-state index in [4.69, 9.17) is 0 Å². The Kier molecular flexibility index (Phi) is 5.88. The second kappa shape index (κ2) is 6.72. The topological polar surface area (TPSA) is 12.0 Å². The molecule has 0 radical (unpaired) electrons. The Bertz CT molecular complexity index is 123. The van der Waals surface area contributed by atoms with Crippen LogP contribution >= 0.6 is 11.8 Å². The van der Waals surface area contributed by atoms with E-state index in [2.05, 4.69) is 18.5 Å². The van der Waals surface area contributed by atoms with Gasteiger partial charge in [-0.25, -0.2) is 0 Å². The van der Waals surface area contributed by atoms with Gasteiger partial charge in [0.25, 0.3) is 0 Å². The maximum atomic E-state index is 3.68. The Morgan fingerprint density at radius 2 is 2.15 bits per heavy atom. The minimum absolute atomic E-state index is 0.828. The fourth-order valence-corrected chi connectivity index (χ4v) is 2.29. The van der Waals surface area contributed by atoms with Crippen molar-refractivity contribution in [2.45, 2.75) is 45.1 Å². The molecule has 1 rings (SSSR count). The van der Waals surface area contributed by atoms with Gasteiger partial charge in [-0.1, -0.05) is 6.92 Å². The average molecular weight is 201 g/mol. The normalized spacial score (nSPS) is 18.9. The van der Waals surface area contributed by atoms with Crippen LogP contribution in [0.3, 0.4) is 0 Å². The summed E-state index contributed by atoms with van der Waals surface area (Å²) in [5, 5.41) is 3.68. The molecule has 0 heterocycles. The van der Waals surface area contributed by atoms with E-state index in [1.807, 2.05) is 11.8 Å². The Morgan fingerprint density at radius 3 is 2.69 bits per heavy atom. The predicted octanol–water partition coefficient (Wildman–Crippen LogP) is 2.91. The number of rotatable bonds is 8. The summed E-state index contributed by atoms with van der Waals surface area (Å²) in [4.78, 5) is 0. The first-order chi connectivity index (χ1) is 6.38. The van der Waals surface area contributed by atoms with Crippen molar-refractivity contribution in [1.82, 2.24) is 5.32 Å². The summed E-state index contributed by atoms with van der Waals surface area (Å²) in [6.07, 6.45) is 9.16. The molecule has 0 amide bonds. The Labute approximate surface area is 87.1 Å². The van der Waals surface area contributed by atoms with Crippen LogP contribution in [0.2, 0.25) is 0 Å². The van der Waals surface area contributed by atoms with Gasteiger partial charge in [-0.2, -0.15) is 11.8 Å². The second-order valence-electron chi connectivity index (χ2n) is 4.01. The predicted molar refractivity (Wildman–Crippen MR) is 62.4 cm³/mol. The lowest BCUT2D eigenvalue weighted by molar-refractivity contribution is 0.445. The summed E-state index contributed by atoms with van der Waals surface area (Å²) < 4.78 is 0. The van der Waals surface area contributed by atoms with Gasteiger partial charge in [-0.05, 0) is 56.6 Å². The lowest BCUT2D eigenvalue weighted by Gasteiger charge is -2.15. The van der Waals surface area contributed by atoms with E-state index in [-0.39, 0.29) is 0 Å². The second-order valence-corrected chi connectivity index (χ2v) is 4.99. The molecule has 1 aliphatic carbocycles. The van der Waals surface area contributed by atoms with Crippen LogP contribution < -0.4 is 5.32 Å². The van der Waals surface area contributed by atoms with Gasteiger partial charge >= 0.3 is 0 Å². The first-order valence-corrected chi connectivity index (χ1v) is 7.00. The molecule has 1 atom stereocenters. The molecule has 78 valence electrons. The van der Waals surface area contributed by atoms with Crippen molar-refractivity contribution in [3.63, 3.8) is 0 Å². The molecule has 1 saturated carbocycles. The van der Waals surface area contributed by atoms with E-state index < -0.39 is 0 Å². The number of hydrogen-bond acceptors (Lipinski definition) is 2. The summed E-state index contributed by atoms with van der Waals surface area (Å²) in [6, 6.07) is 0.828. The van der Waals surface area contributed by atoms with Gasteiger partial charge in [-0.15, -0.1) is 0 Å². The van der Waals surface area contributed by atoms with Crippen molar-refractivity contribution in [2.75, 3.05) is 18.6 Å². The highest BCUT2D eigenvalue weighted by molar-refractivity contribution is 7.98. The van der Waals surface area contributed by atoms with Gasteiger partial charge in [0, 0.05) is 6.04 Å². The fourth-order valence-electron chi connectivity index (χ4n) is 1.80. The molecule has 0 spiro atoms. The van der Waals surface area contributed by atoms with Crippen LogP contribution in [0, 0.1) is 5.92 Å². The fraction of sp³-hybridized carbons (Fsp3) is 1.00. The molecule has 0 aromatic heterocycles. The molecule has 0 saturated heterocycles. The van der Waals surface area contributed by atoms with Crippen molar-refractivity contribution in [1.29, 1.82) is 0 Å². The van der Waals surface area contributed by atoms with E-state index in [9.17, 15) is 0 Å². The summed E-state index contributed by atoms with van der Waals surface area (Å²) >= 11 is 1.96. The van der Waals surface area contributed by atoms with Crippen molar-refractivity contribution in [2.24, 2.45) is 5.92 Å². The highest BCUT2D eigenvalue weighted by Crippen LogP contribution is 2.33. The van der Waals surface area contributed by atoms with Crippen LogP contribution in [-0.4, -0.2) is 24.6 Å². The zero-order valence-corrected chi connectivity index (χ0v) is 9.83. The highest BCUT2D eigenvalue weighted by atomic mass is 32.2. The van der Waals surface area contributed by atoms with Gasteiger partial charge in [0.1, 0.15) is 0 Å². The first-order valence-electron chi connectivity index (χ1n) is 5.60. The maximum absolute atomic E-state index is 3.68. The van der Waals surface area contributed by atoms with Gasteiger partial charge in [0.15, 0.2) is 0 Å². The molecule has 0 aromatic rings.